The first-order chi connectivity index (χ1) is 11.4. The lowest BCUT2D eigenvalue weighted by molar-refractivity contribution is -0.136. The van der Waals surface area contributed by atoms with E-state index in [1.54, 1.807) is 18.7 Å². The van der Waals surface area contributed by atoms with Crippen molar-refractivity contribution >= 4 is 12.0 Å². The largest absolute Gasteiger partial charge is 0.489 e. The van der Waals surface area contributed by atoms with Crippen molar-refractivity contribution in [2.24, 2.45) is 5.92 Å². The third kappa shape index (κ3) is 4.81. The fraction of sp³-hybridized carbons (Fsp3) is 0.562. The van der Waals surface area contributed by atoms with Crippen LogP contribution in [0.3, 0.4) is 0 Å². The van der Waals surface area contributed by atoms with Crippen molar-refractivity contribution in [3.63, 3.8) is 0 Å². The molecule has 0 saturated carbocycles. The van der Waals surface area contributed by atoms with E-state index in [-0.39, 0.29) is 17.9 Å². The van der Waals surface area contributed by atoms with E-state index in [1.807, 2.05) is 0 Å². The van der Waals surface area contributed by atoms with Crippen molar-refractivity contribution < 1.29 is 23.8 Å². The van der Waals surface area contributed by atoms with E-state index in [4.69, 9.17) is 9.84 Å². The molecule has 7 nitrogen and oxygen atoms in total. The Morgan fingerprint density at radius 1 is 1.38 bits per heavy atom. The van der Waals surface area contributed by atoms with Crippen molar-refractivity contribution in [3.8, 4) is 5.75 Å². The van der Waals surface area contributed by atoms with Gasteiger partial charge in [0.15, 0.2) is 0 Å². The lowest BCUT2D eigenvalue weighted by Crippen LogP contribution is -2.53. The van der Waals surface area contributed by atoms with Crippen molar-refractivity contribution in [1.29, 1.82) is 0 Å². The van der Waals surface area contributed by atoms with Crippen LogP contribution in [-0.2, 0) is 4.79 Å². The van der Waals surface area contributed by atoms with Crippen molar-refractivity contribution in [2.45, 2.75) is 38.8 Å². The van der Waals surface area contributed by atoms with Gasteiger partial charge in [-0.15, -0.1) is 0 Å². The topological polar surface area (TPSA) is 91.8 Å². The molecule has 1 aromatic heterocycles. The van der Waals surface area contributed by atoms with Gasteiger partial charge in [-0.25, -0.2) is 9.18 Å². The normalized spacial score (nSPS) is 16.8. The van der Waals surface area contributed by atoms with Gasteiger partial charge in [0.25, 0.3) is 0 Å². The van der Waals surface area contributed by atoms with Crippen molar-refractivity contribution in [2.75, 3.05) is 13.1 Å². The van der Waals surface area contributed by atoms with Gasteiger partial charge in [-0.1, -0.05) is 13.8 Å². The smallest absolute Gasteiger partial charge is 0.405 e. The molecule has 0 spiro atoms. The van der Waals surface area contributed by atoms with Crippen LogP contribution in [0.25, 0.3) is 0 Å². The van der Waals surface area contributed by atoms with Gasteiger partial charge in [-0.05, 0) is 5.92 Å². The highest BCUT2D eigenvalue weighted by molar-refractivity contribution is 5.85. The first-order valence-corrected chi connectivity index (χ1v) is 7.92. The van der Waals surface area contributed by atoms with Crippen molar-refractivity contribution in [1.82, 2.24) is 15.2 Å². The molecule has 1 aromatic rings. The standard InChI is InChI=1S/C16H22FN3O4/c1-10(2)14(19-16(22)23)15(21)20-5-3-12(4-6-20)24-13-7-11(17)8-18-9-13/h7-10,12,14,19H,3-6H2,1-2H3,(H,22,23)/t14-/m0/s1. The lowest BCUT2D eigenvalue weighted by Gasteiger charge is -2.35. The molecule has 0 bridgehead atoms. The van der Waals surface area contributed by atoms with E-state index in [2.05, 4.69) is 10.3 Å². The molecule has 24 heavy (non-hydrogen) atoms. The number of halogens is 1. The van der Waals surface area contributed by atoms with Crippen LogP contribution in [-0.4, -0.2) is 52.2 Å². The highest BCUT2D eigenvalue weighted by Crippen LogP contribution is 2.20. The Morgan fingerprint density at radius 2 is 2.04 bits per heavy atom. The molecule has 1 fully saturated rings. The predicted molar refractivity (Wildman–Crippen MR) is 84.2 cm³/mol. The van der Waals surface area contributed by atoms with Gasteiger partial charge < -0.3 is 20.1 Å². The zero-order valence-corrected chi connectivity index (χ0v) is 13.7. The van der Waals surface area contributed by atoms with Gasteiger partial charge in [0.1, 0.15) is 23.7 Å². The second kappa shape index (κ2) is 7.94. The Hall–Kier alpha value is -2.38. The van der Waals surface area contributed by atoms with Gasteiger partial charge in [0.05, 0.1) is 12.4 Å². The number of piperidine rings is 1. The van der Waals surface area contributed by atoms with E-state index in [0.29, 0.717) is 31.7 Å². The number of amides is 2. The summed E-state index contributed by atoms with van der Waals surface area (Å²) in [5.74, 6) is -0.453. The molecule has 132 valence electrons. The number of nitrogens with zero attached hydrogens (tertiary/aromatic N) is 2. The Bertz CT molecular complexity index is 588. The quantitative estimate of drug-likeness (QED) is 0.855. The van der Waals surface area contributed by atoms with Crippen molar-refractivity contribution in [3.05, 3.63) is 24.3 Å². The zero-order valence-electron chi connectivity index (χ0n) is 13.7. The number of nitrogens with one attached hydrogen (secondary N) is 1. The highest BCUT2D eigenvalue weighted by atomic mass is 19.1. The number of carbonyl (C=O) groups is 2. The number of aromatic nitrogens is 1. The summed E-state index contributed by atoms with van der Waals surface area (Å²) >= 11 is 0. The summed E-state index contributed by atoms with van der Waals surface area (Å²) in [6.45, 7) is 4.53. The summed E-state index contributed by atoms with van der Waals surface area (Å²) in [7, 11) is 0. The Morgan fingerprint density at radius 3 is 2.58 bits per heavy atom. The number of pyridine rings is 1. The summed E-state index contributed by atoms with van der Waals surface area (Å²) in [6.07, 6.45) is 2.42. The van der Waals surface area contributed by atoms with E-state index < -0.39 is 18.0 Å². The maximum absolute atomic E-state index is 13.1. The fourth-order valence-corrected chi connectivity index (χ4v) is 2.69. The van der Waals surface area contributed by atoms with Gasteiger partial charge in [0.2, 0.25) is 5.91 Å². The average molecular weight is 339 g/mol. The molecule has 1 saturated heterocycles. The Balaban J connectivity index is 1.89. The first kappa shape index (κ1) is 18.0. The van der Waals surface area contributed by atoms with Crippen LogP contribution in [0.1, 0.15) is 26.7 Å². The van der Waals surface area contributed by atoms with Gasteiger partial charge in [-0.3, -0.25) is 9.78 Å². The summed E-state index contributed by atoms with van der Waals surface area (Å²) in [4.78, 5) is 28.7. The second-order valence-corrected chi connectivity index (χ2v) is 6.15. The SMILES string of the molecule is CC(C)[C@H](NC(=O)O)C(=O)N1CCC(Oc2cncc(F)c2)CC1. The average Bonchev–Trinajstić information content (AvgIpc) is 2.52. The number of hydrogen-bond acceptors (Lipinski definition) is 4. The Kier molecular flexibility index (Phi) is 5.94. The van der Waals surface area contributed by atoms with Crippen LogP contribution >= 0.6 is 0 Å². The third-order valence-electron chi connectivity index (χ3n) is 3.95. The maximum atomic E-state index is 13.1. The van der Waals surface area contributed by atoms with Crippen LogP contribution in [0.2, 0.25) is 0 Å². The molecule has 0 radical (unpaired) electrons. The number of carbonyl (C=O) groups excluding carboxylic acids is 1. The summed E-state index contributed by atoms with van der Waals surface area (Å²) in [5.41, 5.74) is 0. The molecule has 2 N–H and O–H groups in total. The molecule has 2 rings (SSSR count). The summed E-state index contributed by atoms with van der Waals surface area (Å²) < 4.78 is 18.8. The first-order valence-electron chi connectivity index (χ1n) is 7.92. The molecular weight excluding hydrogens is 317 g/mol. The zero-order chi connectivity index (χ0) is 17.7. The monoisotopic (exact) mass is 339 g/mol. The molecule has 1 aliphatic heterocycles. The molecule has 2 amide bonds. The molecule has 1 atom stereocenters. The minimum Gasteiger partial charge on any atom is -0.489 e. The van der Waals surface area contributed by atoms with Gasteiger partial charge in [0, 0.05) is 32.0 Å². The van der Waals surface area contributed by atoms with E-state index in [0.717, 1.165) is 6.20 Å². The molecule has 0 aromatic carbocycles. The van der Waals surface area contributed by atoms with Crippen LogP contribution < -0.4 is 10.1 Å². The summed E-state index contributed by atoms with van der Waals surface area (Å²) in [5, 5.41) is 11.1. The minimum atomic E-state index is -1.21. The van der Waals surface area contributed by atoms with Gasteiger partial charge >= 0.3 is 6.09 Å². The predicted octanol–water partition coefficient (Wildman–Crippen LogP) is 1.88. The Labute approximate surface area is 139 Å². The second-order valence-electron chi connectivity index (χ2n) is 6.15. The number of hydrogen-bond donors (Lipinski definition) is 2. The minimum absolute atomic E-state index is 0.123. The van der Waals surface area contributed by atoms with Crippen LogP contribution in [0.15, 0.2) is 18.5 Å². The number of carboxylic acid groups (broad SMARTS) is 1. The molecule has 1 aliphatic rings. The number of rotatable bonds is 5. The van der Waals surface area contributed by atoms with E-state index in [1.165, 1.54) is 12.3 Å². The number of likely N-dealkylation sites (tertiary alicyclic amines) is 1. The molecule has 0 unspecified atom stereocenters. The fourth-order valence-electron chi connectivity index (χ4n) is 2.69. The van der Waals surface area contributed by atoms with E-state index in [9.17, 15) is 14.0 Å². The highest BCUT2D eigenvalue weighted by Gasteiger charge is 2.31. The third-order valence-corrected chi connectivity index (χ3v) is 3.95. The van der Waals surface area contributed by atoms with E-state index >= 15 is 0 Å². The molecule has 2 heterocycles. The van der Waals surface area contributed by atoms with Gasteiger partial charge in [-0.2, -0.15) is 0 Å². The number of ether oxygens (including phenoxy) is 1. The molecular formula is C16H22FN3O4. The van der Waals surface area contributed by atoms with Crippen LogP contribution in [0.4, 0.5) is 9.18 Å². The lowest BCUT2D eigenvalue weighted by atomic mass is 10.0. The molecule has 8 heteroatoms. The summed E-state index contributed by atoms with van der Waals surface area (Å²) in [6, 6.07) is 0.517. The van der Waals surface area contributed by atoms with Crippen LogP contribution in [0.5, 0.6) is 5.75 Å². The van der Waals surface area contributed by atoms with Crippen LogP contribution in [0, 0.1) is 11.7 Å². The molecule has 0 aliphatic carbocycles. The maximum Gasteiger partial charge on any atom is 0.405 e.